The van der Waals surface area contributed by atoms with Crippen LogP contribution in [0.1, 0.15) is 37.8 Å². The Morgan fingerprint density at radius 1 is 1.40 bits per heavy atom. The molecule has 0 aliphatic heterocycles. The highest BCUT2D eigenvalue weighted by atomic mass is 16.6. The largest absolute Gasteiger partial charge is 0.396 e. The minimum absolute atomic E-state index is 0.0374. The predicted octanol–water partition coefficient (Wildman–Crippen LogP) is 2.79. The minimum Gasteiger partial charge on any atom is -0.396 e. The van der Waals surface area contributed by atoms with Crippen molar-refractivity contribution in [3.05, 3.63) is 39.4 Å². The van der Waals surface area contributed by atoms with E-state index in [0.717, 1.165) is 24.9 Å². The molecule has 0 spiro atoms. The molecule has 0 bridgehead atoms. The standard InChI is InChI=1S/C15H24N2O3/c1-12-5-6-13(9-14(12)17(19)20)10-16-8-4-7-15(2,3)11-18/h5-6,9,16,18H,4,7-8,10-11H2,1-3H3. The van der Waals surface area contributed by atoms with E-state index in [4.69, 9.17) is 5.11 Å². The highest BCUT2D eigenvalue weighted by Crippen LogP contribution is 2.21. The van der Waals surface area contributed by atoms with E-state index in [9.17, 15) is 10.1 Å². The molecule has 5 heteroatoms. The van der Waals surface area contributed by atoms with Crippen LogP contribution in [0.25, 0.3) is 0 Å². The van der Waals surface area contributed by atoms with Gasteiger partial charge in [-0.3, -0.25) is 10.1 Å². The number of rotatable bonds is 8. The molecule has 0 saturated carbocycles. The first-order valence-corrected chi connectivity index (χ1v) is 6.91. The number of nitro benzene ring substituents is 1. The van der Waals surface area contributed by atoms with Gasteiger partial charge in [0.15, 0.2) is 0 Å². The SMILES string of the molecule is Cc1ccc(CNCCCC(C)(C)CO)cc1[N+](=O)[O-]. The molecule has 5 nitrogen and oxygen atoms in total. The monoisotopic (exact) mass is 280 g/mol. The molecular formula is C15H24N2O3. The molecular weight excluding hydrogens is 256 g/mol. The van der Waals surface area contributed by atoms with Crippen molar-refractivity contribution in [3.63, 3.8) is 0 Å². The summed E-state index contributed by atoms with van der Waals surface area (Å²) in [6.07, 6.45) is 1.92. The lowest BCUT2D eigenvalue weighted by molar-refractivity contribution is -0.385. The molecule has 0 amide bonds. The molecule has 1 aromatic rings. The smallest absolute Gasteiger partial charge is 0.272 e. The summed E-state index contributed by atoms with van der Waals surface area (Å²) in [5.74, 6) is 0. The van der Waals surface area contributed by atoms with Crippen molar-refractivity contribution in [2.75, 3.05) is 13.2 Å². The van der Waals surface area contributed by atoms with Crippen molar-refractivity contribution in [3.8, 4) is 0 Å². The summed E-state index contributed by atoms with van der Waals surface area (Å²) in [6, 6.07) is 5.32. The maximum absolute atomic E-state index is 10.9. The highest BCUT2D eigenvalue weighted by Gasteiger charge is 2.15. The van der Waals surface area contributed by atoms with Gasteiger partial charge in [0.25, 0.3) is 5.69 Å². The Morgan fingerprint density at radius 3 is 2.70 bits per heavy atom. The fourth-order valence-corrected chi connectivity index (χ4v) is 1.97. The van der Waals surface area contributed by atoms with Crippen LogP contribution in [0.4, 0.5) is 5.69 Å². The maximum atomic E-state index is 10.9. The van der Waals surface area contributed by atoms with Gasteiger partial charge < -0.3 is 10.4 Å². The number of hydrogen-bond donors (Lipinski definition) is 2. The molecule has 0 radical (unpaired) electrons. The number of benzene rings is 1. The summed E-state index contributed by atoms with van der Waals surface area (Å²) in [5, 5.41) is 23.3. The molecule has 0 aliphatic carbocycles. The van der Waals surface area contributed by atoms with E-state index in [1.54, 1.807) is 19.1 Å². The first-order chi connectivity index (χ1) is 9.35. The van der Waals surface area contributed by atoms with Crippen molar-refractivity contribution < 1.29 is 10.0 Å². The van der Waals surface area contributed by atoms with Gasteiger partial charge in [0, 0.05) is 24.8 Å². The van der Waals surface area contributed by atoms with E-state index in [-0.39, 0.29) is 22.6 Å². The highest BCUT2D eigenvalue weighted by molar-refractivity contribution is 5.42. The molecule has 0 atom stereocenters. The fourth-order valence-electron chi connectivity index (χ4n) is 1.97. The van der Waals surface area contributed by atoms with Crippen LogP contribution >= 0.6 is 0 Å². The summed E-state index contributed by atoms with van der Waals surface area (Å²) in [6.45, 7) is 7.47. The Hall–Kier alpha value is -1.46. The van der Waals surface area contributed by atoms with Crippen molar-refractivity contribution in [2.45, 2.75) is 40.2 Å². The summed E-state index contributed by atoms with van der Waals surface area (Å²) < 4.78 is 0. The Morgan fingerprint density at radius 2 is 2.10 bits per heavy atom. The van der Waals surface area contributed by atoms with Crippen LogP contribution in [0.2, 0.25) is 0 Å². The van der Waals surface area contributed by atoms with Gasteiger partial charge in [0.1, 0.15) is 0 Å². The quantitative estimate of drug-likeness (QED) is 0.436. The molecule has 0 heterocycles. The van der Waals surface area contributed by atoms with Gasteiger partial charge >= 0.3 is 0 Å². The molecule has 2 N–H and O–H groups in total. The maximum Gasteiger partial charge on any atom is 0.272 e. The number of nitrogens with one attached hydrogen (secondary N) is 1. The van der Waals surface area contributed by atoms with Crippen LogP contribution < -0.4 is 5.32 Å². The van der Waals surface area contributed by atoms with Crippen LogP contribution in [-0.2, 0) is 6.54 Å². The Labute approximate surface area is 120 Å². The second kappa shape index (κ2) is 7.36. The van der Waals surface area contributed by atoms with Gasteiger partial charge in [0.05, 0.1) is 4.92 Å². The number of aliphatic hydroxyl groups is 1. The number of aliphatic hydroxyl groups excluding tert-OH is 1. The number of nitro groups is 1. The van der Waals surface area contributed by atoms with Gasteiger partial charge in [-0.05, 0) is 37.3 Å². The average molecular weight is 280 g/mol. The van der Waals surface area contributed by atoms with E-state index in [0.29, 0.717) is 12.1 Å². The summed E-state index contributed by atoms with van der Waals surface area (Å²) in [5.41, 5.74) is 1.74. The Kier molecular flexibility index (Phi) is 6.10. The zero-order valence-electron chi connectivity index (χ0n) is 12.5. The van der Waals surface area contributed by atoms with Crippen molar-refractivity contribution in [1.29, 1.82) is 0 Å². The molecule has 1 rings (SSSR count). The predicted molar refractivity (Wildman–Crippen MR) is 79.6 cm³/mol. The molecule has 0 aliphatic rings. The topological polar surface area (TPSA) is 75.4 Å². The van der Waals surface area contributed by atoms with E-state index in [1.807, 2.05) is 19.9 Å². The van der Waals surface area contributed by atoms with Crippen LogP contribution in [0, 0.1) is 22.5 Å². The van der Waals surface area contributed by atoms with Crippen LogP contribution in [0.5, 0.6) is 0 Å². The van der Waals surface area contributed by atoms with Crippen molar-refractivity contribution in [2.24, 2.45) is 5.41 Å². The molecule has 0 aromatic heterocycles. The fraction of sp³-hybridized carbons (Fsp3) is 0.600. The second-order valence-corrected chi connectivity index (χ2v) is 5.98. The molecule has 112 valence electrons. The number of nitrogens with zero attached hydrogens (tertiary/aromatic N) is 1. The summed E-state index contributed by atoms with van der Waals surface area (Å²) in [4.78, 5) is 10.5. The number of aryl methyl sites for hydroxylation is 1. The third-order valence-electron chi connectivity index (χ3n) is 3.43. The minimum atomic E-state index is -0.345. The normalized spacial score (nSPS) is 11.6. The lowest BCUT2D eigenvalue weighted by Gasteiger charge is -2.21. The lowest BCUT2D eigenvalue weighted by atomic mass is 9.89. The zero-order chi connectivity index (χ0) is 15.2. The van der Waals surface area contributed by atoms with Gasteiger partial charge in [0.2, 0.25) is 0 Å². The first kappa shape index (κ1) is 16.6. The third kappa shape index (κ3) is 5.27. The van der Waals surface area contributed by atoms with Gasteiger partial charge in [-0.1, -0.05) is 26.0 Å². The van der Waals surface area contributed by atoms with E-state index < -0.39 is 0 Å². The van der Waals surface area contributed by atoms with E-state index >= 15 is 0 Å². The lowest BCUT2D eigenvalue weighted by Crippen LogP contribution is -2.21. The summed E-state index contributed by atoms with van der Waals surface area (Å²) in [7, 11) is 0. The van der Waals surface area contributed by atoms with Gasteiger partial charge in [-0.2, -0.15) is 0 Å². The molecule has 0 fully saturated rings. The molecule has 0 saturated heterocycles. The van der Waals surface area contributed by atoms with Crippen LogP contribution in [0.15, 0.2) is 18.2 Å². The third-order valence-corrected chi connectivity index (χ3v) is 3.43. The Bertz CT molecular complexity index is 458. The van der Waals surface area contributed by atoms with Crippen molar-refractivity contribution in [1.82, 2.24) is 5.32 Å². The van der Waals surface area contributed by atoms with E-state index in [1.165, 1.54) is 0 Å². The van der Waals surface area contributed by atoms with Gasteiger partial charge in [-0.25, -0.2) is 0 Å². The van der Waals surface area contributed by atoms with Crippen molar-refractivity contribution >= 4 is 5.69 Å². The molecule has 0 unspecified atom stereocenters. The summed E-state index contributed by atoms with van der Waals surface area (Å²) >= 11 is 0. The zero-order valence-corrected chi connectivity index (χ0v) is 12.5. The number of hydrogen-bond acceptors (Lipinski definition) is 4. The van der Waals surface area contributed by atoms with E-state index in [2.05, 4.69) is 5.32 Å². The molecule has 1 aromatic carbocycles. The van der Waals surface area contributed by atoms with Crippen LogP contribution in [-0.4, -0.2) is 23.2 Å². The first-order valence-electron chi connectivity index (χ1n) is 6.91. The van der Waals surface area contributed by atoms with Gasteiger partial charge in [-0.15, -0.1) is 0 Å². The average Bonchev–Trinajstić information content (AvgIpc) is 2.39. The Balaban J connectivity index is 2.40. The second-order valence-electron chi connectivity index (χ2n) is 5.98. The van der Waals surface area contributed by atoms with Crippen LogP contribution in [0.3, 0.4) is 0 Å². The molecule has 20 heavy (non-hydrogen) atoms.